The summed E-state index contributed by atoms with van der Waals surface area (Å²) in [7, 11) is 0. The lowest BCUT2D eigenvalue weighted by molar-refractivity contribution is 0.442. The van der Waals surface area contributed by atoms with E-state index >= 15 is 0 Å². The SMILES string of the molecule is Nc1ccc(Cc2nc3c(Cc4ccccc4)nc(-c4ccccc4)cn3c2O)cc1. The van der Waals surface area contributed by atoms with Crippen molar-refractivity contribution in [2.24, 2.45) is 0 Å². The van der Waals surface area contributed by atoms with Gasteiger partial charge in [0.2, 0.25) is 5.88 Å². The first-order valence-electron chi connectivity index (χ1n) is 10.2. The Morgan fingerprint density at radius 1 is 0.710 bits per heavy atom. The largest absolute Gasteiger partial charge is 0.493 e. The molecule has 0 radical (unpaired) electrons. The molecule has 2 heterocycles. The summed E-state index contributed by atoms with van der Waals surface area (Å²) in [5.41, 5.74) is 12.6. The Kier molecular flexibility index (Phi) is 4.84. The lowest BCUT2D eigenvalue weighted by Gasteiger charge is -2.08. The number of benzene rings is 3. The third-order valence-electron chi connectivity index (χ3n) is 5.36. The zero-order chi connectivity index (χ0) is 21.2. The minimum atomic E-state index is 0.140. The van der Waals surface area contributed by atoms with Gasteiger partial charge in [0.05, 0.1) is 11.4 Å². The Bertz CT molecular complexity index is 1330. The summed E-state index contributed by atoms with van der Waals surface area (Å²) in [6.45, 7) is 0. The minimum absolute atomic E-state index is 0.140. The van der Waals surface area contributed by atoms with Crippen molar-refractivity contribution in [3.8, 4) is 17.1 Å². The van der Waals surface area contributed by atoms with E-state index in [1.807, 2.05) is 79.0 Å². The van der Waals surface area contributed by atoms with E-state index in [0.717, 1.165) is 28.1 Å². The maximum atomic E-state index is 11.0. The number of nitrogens with two attached hydrogens (primary N) is 1. The normalized spacial score (nSPS) is 11.1. The van der Waals surface area contributed by atoms with Gasteiger partial charge in [-0.25, -0.2) is 9.97 Å². The molecule has 3 aromatic carbocycles. The van der Waals surface area contributed by atoms with Crippen LogP contribution < -0.4 is 5.73 Å². The molecular weight excluding hydrogens is 384 g/mol. The summed E-state index contributed by atoms with van der Waals surface area (Å²) in [5.74, 6) is 0.140. The van der Waals surface area contributed by atoms with E-state index in [4.69, 9.17) is 15.7 Å². The van der Waals surface area contributed by atoms with Gasteiger partial charge in [-0.3, -0.25) is 4.40 Å². The summed E-state index contributed by atoms with van der Waals surface area (Å²) in [4.78, 5) is 9.71. The van der Waals surface area contributed by atoms with Gasteiger partial charge in [-0.15, -0.1) is 0 Å². The number of aromatic hydroxyl groups is 1. The zero-order valence-electron chi connectivity index (χ0n) is 16.9. The highest BCUT2D eigenvalue weighted by molar-refractivity contribution is 5.63. The van der Waals surface area contributed by atoms with Gasteiger partial charge >= 0.3 is 0 Å². The van der Waals surface area contributed by atoms with Crippen LogP contribution in [0.1, 0.15) is 22.5 Å². The molecule has 5 rings (SSSR count). The van der Waals surface area contributed by atoms with E-state index in [2.05, 4.69) is 12.1 Å². The minimum Gasteiger partial charge on any atom is -0.493 e. The second-order valence-corrected chi connectivity index (χ2v) is 7.60. The molecule has 2 aromatic heterocycles. The summed E-state index contributed by atoms with van der Waals surface area (Å²) in [5, 5.41) is 11.0. The fourth-order valence-corrected chi connectivity index (χ4v) is 3.75. The van der Waals surface area contributed by atoms with Crippen molar-refractivity contribution in [2.45, 2.75) is 12.8 Å². The highest BCUT2D eigenvalue weighted by Gasteiger charge is 2.18. The quantitative estimate of drug-likeness (QED) is 0.409. The van der Waals surface area contributed by atoms with Crippen LogP contribution in [0.4, 0.5) is 5.69 Å². The molecule has 3 N–H and O–H groups in total. The third kappa shape index (κ3) is 3.85. The van der Waals surface area contributed by atoms with Gasteiger partial charge in [0.1, 0.15) is 5.69 Å². The van der Waals surface area contributed by atoms with Crippen molar-refractivity contribution >= 4 is 11.3 Å². The Balaban J connectivity index is 1.64. The second kappa shape index (κ2) is 7.95. The predicted octanol–water partition coefficient (Wildman–Crippen LogP) is 4.87. The van der Waals surface area contributed by atoms with E-state index in [1.54, 1.807) is 4.40 Å². The van der Waals surface area contributed by atoms with Crippen molar-refractivity contribution in [1.29, 1.82) is 0 Å². The lowest BCUT2D eigenvalue weighted by Crippen LogP contribution is -2.00. The van der Waals surface area contributed by atoms with Gasteiger partial charge in [0, 0.05) is 30.3 Å². The first-order chi connectivity index (χ1) is 15.2. The topological polar surface area (TPSA) is 76.4 Å². The second-order valence-electron chi connectivity index (χ2n) is 7.60. The fourth-order valence-electron chi connectivity index (χ4n) is 3.75. The number of nitrogens with zero attached hydrogens (tertiary/aromatic N) is 3. The van der Waals surface area contributed by atoms with Crippen LogP contribution in [0.25, 0.3) is 16.9 Å². The zero-order valence-corrected chi connectivity index (χ0v) is 16.9. The molecule has 0 unspecified atom stereocenters. The molecule has 5 heteroatoms. The van der Waals surface area contributed by atoms with Gasteiger partial charge in [-0.2, -0.15) is 0 Å². The van der Waals surface area contributed by atoms with Crippen LogP contribution in [0.3, 0.4) is 0 Å². The lowest BCUT2D eigenvalue weighted by atomic mass is 10.1. The molecule has 0 saturated heterocycles. The number of hydrogen-bond donors (Lipinski definition) is 2. The van der Waals surface area contributed by atoms with E-state index < -0.39 is 0 Å². The third-order valence-corrected chi connectivity index (χ3v) is 5.36. The average molecular weight is 406 g/mol. The highest BCUT2D eigenvalue weighted by Crippen LogP contribution is 2.28. The number of aromatic nitrogens is 3. The number of fused-ring (bicyclic) bond motifs is 1. The Morgan fingerprint density at radius 2 is 1.32 bits per heavy atom. The van der Waals surface area contributed by atoms with Gasteiger partial charge in [-0.1, -0.05) is 72.8 Å². The van der Waals surface area contributed by atoms with E-state index in [-0.39, 0.29) is 5.88 Å². The van der Waals surface area contributed by atoms with Crippen LogP contribution in [-0.2, 0) is 12.8 Å². The Labute approximate surface area is 180 Å². The van der Waals surface area contributed by atoms with Crippen molar-refractivity contribution in [3.63, 3.8) is 0 Å². The number of hydrogen-bond acceptors (Lipinski definition) is 4. The summed E-state index contributed by atoms with van der Waals surface area (Å²) in [6.07, 6.45) is 3.00. The van der Waals surface area contributed by atoms with Crippen LogP contribution in [0.2, 0.25) is 0 Å². The number of nitrogen functional groups attached to an aromatic ring is 1. The molecule has 0 saturated carbocycles. The van der Waals surface area contributed by atoms with Crippen LogP contribution in [0.15, 0.2) is 91.1 Å². The van der Waals surface area contributed by atoms with Crippen LogP contribution >= 0.6 is 0 Å². The van der Waals surface area contributed by atoms with Crippen LogP contribution in [0, 0.1) is 0 Å². The van der Waals surface area contributed by atoms with Gasteiger partial charge < -0.3 is 10.8 Å². The average Bonchev–Trinajstić information content (AvgIpc) is 3.12. The smallest absolute Gasteiger partial charge is 0.219 e. The number of anilines is 1. The molecule has 152 valence electrons. The number of imidazole rings is 1. The van der Waals surface area contributed by atoms with Gasteiger partial charge in [0.15, 0.2) is 5.65 Å². The molecule has 31 heavy (non-hydrogen) atoms. The van der Waals surface area contributed by atoms with Crippen LogP contribution in [0.5, 0.6) is 5.88 Å². The summed E-state index contributed by atoms with van der Waals surface area (Å²) in [6, 6.07) is 27.8. The van der Waals surface area contributed by atoms with E-state index in [0.29, 0.717) is 29.9 Å². The highest BCUT2D eigenvalue weighted by atomic mass is 16.3. The van der Waals surface area contributed by atoms with Crippen LogP contribution in [-0.4, -0.2) is 19.5 Å². The molecule has 0 fully saturated rings. The maximum Gasteiger partial charge on any atom is 0.219 e. The standard InChI is InChI=1S/C26H22N4O/c27-21-13-11-19(12-14-21)16-23-26(31)30-17-24(20-9-5-2-6-10-20)28-22(25(30)29-23)15-18-7-3-1-4-8-18/h1-14,17,31H,15-16,27H2. The summed E-state index contributed by atoms with van der Waals surface area (Å²) < 4.78 is 1.75. The molecular formula is C26H22N4O. The molecule has 0 spiro atoms. The molecule has 0 aliphatic rings. The number of rotatable bonds is 5. The molecule has 0 atom stereocenters. The molecule has 0 aliphatic carbocycles. The van der Waals surface area contributed by atoms with Gasteiger partial charge in [0.25, 0.3) is 0 Å². The Morgan fingerprint density at radius 3 is 2.03 bits per heavy atom. The van der Waals surface area contributed by atoms with Crippen molar-refractivity contribution < 1.29 is 5.11 Å². The van der Waals surface area contributed by atoms with Crippen molar-refractivity contribution in [3.05, 3.63) is 114 Å². The first-order valence-corrected chi connectivity index (χ1v) is 10.2. The van der Waals surface area contributed by atoms with Crippen molar-refractivity contribution in [1.82, 2.24) is 14.4 Å². The van der Waals surface area contributed by atoms with E-state index in [1.165, 1.54) is 0 Å². The summed E-state index contributed by atoms with van der Waals surface area (Å²) >= 11 is 0. The monoisotopic (exact) mass is 406 g/mol. The van der Waals surface area contributed by atoms with E-state index in [9.17, 15) is 5.11 Å². The Hall–Kier alpha value is -4.12. The van der Waals surface area contributed by atoms with Crippen molar-refractivity contribution in [2.75, 3.05) is 5.73 Å². The fraction of sp³-hybridized carbons (Fsp3) is 0.0769. The first kappa shape index (κ1) is 18.9. The van der Waals surface area contributed by atoms with Gasteiger partial charge in [-0.05, 0) is 23.3 Å². The molecule has 5 nitrogen and oxygen atoms in total. The molecule has 5 aromatic rings. The maximum absolute atomic E-state index is 11.0. The predicted molar refractivity (Wildman–Crippen MR) is 123 cm³/mol. The molecule has 0 amide bonds. The molecule has 0 bridgehead atoms. The molecule has 0 aliphatic heterocycles.